The van der Waals surface area contributed by atoms with Crippen molar-refractivity contribution in [2.24, 2.45) is 16.8 Å². The van der Waals surface area contributed by atoms with Crippen LogP contribution in [0.2, 0.25) is 0 Å². The van der Waals surface area contributed by atoms with Gasteiger partial charge in [0, 0.05) is 30.8 Å². The second-order valence-corrected chi connectivity index (χ2v) is 6.07. The predicted octanol–water partition coefficient (Wildman–Crippen LogP) is 2.80. The number of hydrogen-bond donors (Lipinski definition) is 2. The quantitative estimate of drug-likeness (QED) is 0.886. The number of anilines is 1. The molecule has 2 atom stereocenters. The van der Waals surface area contributed by atoms with Crippen LogP contribution in [-0.4, -0.2) is 24.7 Å². The molecule has 0 aliphatic carbocycles. The fourth-order valence-electron chi connectivity index (χ4n) is 3.07. The fraction of sp³-hybridized carbons (Fsp3) is 0.316. The molecule has 25 heavy (non-hydrogen) atoms. The second-order valence-electron chi connectivity index (χ2n) is 6.07. The van der Waals surface area contributed by atoms with E-state index in [9.17, 15) is 14.4 Å². The van der Waals surface area contributed by atoms with Gasteiger partial charge < -0.3 is 10.6 Å². The number of carbonyl (C=O) groups is 1. The summed E-state index contributed by atoms with van der Waals surface area (Å²) >= 11 is 0. The Balaban J connectivity index is 1.67. The van der Waals surface area contributed by atoms with E-state index in [0.717, 1.165) is 30.8 Å². The molecule has 0 spiro atoms. The maximum Gasteiger partial charge on any atom is 0.225 e. The van der Waals surface area contributed by atoms with Crippen LogP contribution in [-0.2, 0) is 4.79 Å². The Morgan fingerprint density at radius 2 is 2.20 bits per heavy atom. The maximum atomic E-state index is 12.9. The van der Waals surface area contributed by atoms with Crippen molar-refractivity contribution in [1.29, 1.82) is 5.26 Å². The van der Waals surface area contributed by atoms with Crippen molar-refractivity contribution in [1.82, 2.24) is 5.32 Å². The Hall–Kier alpha value is -2.78. The van der Waals surface area contributed by atoms with Crippen molar-refractivity contribution in [2.75, 3.05) is 18.4 Å². The van der Waals surface area contributed by atoms with Gasteiger partial charge in [-0.25, -0.2) is 4.39 Å². The average molecular weight is 338 g/mol. The van der Waals surface area contributed by atoms with E-state index in [0.29, 0.717) is 5.69 Å². The Morgan fingerprint density at radius 3 is 2.88 bits per heavy atom. The van der Waals surface area contributed by atoms with Gasteiger partial charge in [-0.1, -0.05) is 12.2 Å². The van der Waals surface area contributed by atoms with Gasteiger partial charge in [-0.2, -0.15) is 5.26 Å². The lowest BCUT2D eigenvalue weighted by Crippen LogP contribution is -2.31. The van der Waals surface area contributed by atoms with E-state index in [1.807, 2.05) is 6.08 Å². The number of hydrogen-bond acceptors (Lipinski definition) is 4. The van der Waals surface area contributed by atoms with Crippen molar-refractivity contribution >= 4 is 17.3 Å². The Labute approximate surface area is 145 Å². The third kappa shape index (κ3) is 4.20. The van der Waals surface area contributed by atoms with Gasteiger partial charge in [0.25, 0.3) is 0 Å². The number of nitrogens with zero attached hydrogens (tertiary/aromatic N) is 2. The second kappa shape index (κ2) is 7.86. The predicted molar refractivity (Wildman–Crippen MR) is 94.4 cm³/mol. The van der Waals surface area contributed by atoms with Gasteiger partial charge in [0.1, 0.15) is 5.82 Å². The van der Waals surface area contributed by atoms with E-state index in [-0.39, 0.29) is 24.1 Å². The molecular formula is C19H19FN4O. The van der Waals surface area contributed by atoms with Crippen molar-refractivity contribution < 1.29 is 9.18 Å². The van der Waals surface area contributed by atoms with Crippen LogP contribution in [0.4, 0.5) is 10.1 Å². The minimum atomic E-state index is -0.437. The first kappa shape index (κ1) is 17.1. The van der Waals surface area contributed by atoms with E-state index in [4.69, 9.17) is 0 Å². The van der Waals surface area contributed by atoms with E-state index < -0.39 is 5.92 Å². The first-order chi connectivity index (χ1) is 12.2. The van der Waals surface area contributed by atoms with Gasteiger partial charge in [0.05, 0.1) is 17.7 Å². The zero-order valence-corrected chi connectivity index (χ0v) is 13.7. The van der Waals surface area contributed by atoms with Gasteiger partial charge in [-0.05, 0) is 42.8 Å². The van der Waals surface area contributed by atoms with Crippen molar-refractivity contribution in [3.05, 3.63) is 54.0 Å². The molecule has 2 heterocycles. The highest BCUT2D eigenvalue weighted by Gasteiger charge is 2.30. The number of nitrogens with one attached hydrogen (secondary N) is 2. The van der Waals surface area contributed by atoms with Crippen LogP contribution >= 0.6 is 0 Å². The molecule has 2 aliphatic heterocycles. The van der Waals surface area contributed by atoms with Crippen molar-refractivity contribution in [3.63, 3.8) is 0 Å². The zero-order chi connectivity index (χ0) is 17.6. The molecule has 2 N–H and O–H groups in total. The van der Waals surface area contributed by atoms with E-state index in [2.05, 4.69) is 27.8 Å². The van der Waals surface area contributed by atoms with E-state index in [1.165, 1.54) is 24.3 Å². The molecule has 6 heteroatoms. The van der Waals surface area contributed by atoms with Crippen molar-refractivity contribution in [2.45, 2.75) is 12.8 Å². The van der Waals surface area contributed by atoms with Gasteiger partial charge in [-0.15, -0.1) is 0 Å². The van der Waals surface area contributed by atoms with Gasteiger partial charge in [0.15, 0.2) is 0 Å². The summed E-state index contributed by atoms with van der Waals surface area (Å²) in [4.78, 5) is 16.7. The topological polar surface area (TPSA) is 77.3 Å². The van der Waals surface area contributed by atoms with Crippen LogP contribution in [0.15, 0.2) is 53.2 Å². The molecule has 0 radical (unpaired) electrons. The lowest BCUT2D eigenvalue weighted by molar-refractivity contribution is -0.116. The Bertz CT molecular complexity index is 774. The summed E-state index contributed by atoms with van der Waals surface area (Å²) in [7, 11) is 0. The molecule has 1 aromatic carbocycles. The van der Waals surface area contributed by atoms with Crippen LogP contribution in [0, 0.1) is 29.0 Å². The van der Waals surface area contributed by atoms with Gasteiger partial charge in [-0.3, -0.25) is 9.79 Å². The molecule has 5 nitrogen and oxygen atoms in total. The number of nitriles is 1. The SMILES string of the molecule is N#C[C@H]1C(C2=CCNCC2)=NC=CC1CC(=O)Nc1ccc(F)cc1. The van der Waals surface area contributed by atoms with E-state index >= 15 is 0 Å². The highest BCUT2D eigenvalue weighted by atomic mass is 19.1. The molecule has 1 amide bonds. The molecule has 0 bridgehead atoms. The van der Waals surface area contributed by atoms with Crippen LogP contribution in [0.25, 0.3) is 0 Å². The first-order valence-corrected chi connectivity index (χ1v) is 8.27. The minimum absolute atomic E-state index is 0.177. The number of halogens is 1. The summed E-state index contributed by atoms with van der Waals surface area (Å²) in [5, 5.41) is 15.6. The molecule has 0 aromatic heterocycles. The standard InChI is InChI=1S/C19H19FN4O/c20-15-1-3-16(4-2-15)24-18(25)11-14-7-10-23-19(17(14)12-21)13-5-8-22-9-6-13/h1-5,7,10,14,17,22H,6,8-9,11H2,(H,24,25)/t14?,17-/m1/s1. The molecular weight excluding hydrogens is 319 g/mol. The molecule has 128 valence electrons. The van der Waals surface area contributed by atoms with Crippen LogP contribution in [0.1, 0.15) is 12.8 Å². The number of amides is 1. The summed E-state index contributed by atoms with van der Waals surface area (Å²) in [5.41, 5.74) is 2.39. The van der Waals surface area contributed by atoms with Crippen LogP contribution in [0.5, 0.6) is 0 Å². The largest absolute Gasteiger partial charge is 0.326 e. The lowest BCUT2D eigenvalue weighted by atomic mass is 9.81. The van der Waals surface area contributed by atoms with Crippen LogP contribution < -0.4 is 10.6 Å². The summed E-state index contributed by atoms with van der Waals surface area (Å²) in [6.07, 6.45) is 6.56. The lowest BCUT2D eigenvalue weighted by Gasteiger charge is -2.26. The number of benzene rings is 1. The smallest absolute Gasteiger partial charge is 0.225 e. The fourth-order valence-corrected chi connectivity index (χ4v) is 3.07. The molecule has 0 fully saturated rings. The Morgan fingerprint density at radius 1 is 1.40 bits per heavy atom. The summed E-state index contributed by atoms with van der Waals surface area (Å²) < 4.78 is 12.9. The summed E-state index contributed by atoms with van der Waals surface area (Å²) in [6.45, 7) is 1.63. The summed E-state index contributed by atoms with van der Waals surface area (Å²) in [6, 6.07) is 7.92. The molecule has 0 saturated carbocycles. The number of carbonyl (C=O) groups excluding carboxylic acids is 1. The normalized spacial score (nSPS) is 22.6. The minimum Gasteiger partial charge on any atom is -0.326 e. The molecule has 2 aliphatic rings. The maximum absolute atomic E-state index is 12.9. The van der Waals surface area contributed by atoms with Crippen LogP contribution in [0.3, 0.4) is 0 Å². The summed E-state index contributed by atoms with van der Waals surface area (Å²) in [5.74, 6) is -1.22. The Kier molecular flexibility index (Phi) is 5.36. The third-order valence-electron chi connectivity index (χ3n) is 4.35. The number of aliphatic imine (C=N–C) groups is 1. The number of allylic oxidation sites excluding steroid dienone is 1. The van der Waals surface area contributed by atoms with Gasteiger partial charge in [0.2, 0.25) is 5.91 Å². The number of rotatable bonds is 4. The highest BCUT2D eigenvalue weighted by molar-refractivity contribution is 6.05. The third-order valence-corrected chi connectivity index (χ3v) is 4.35. The van der Waals surface area contributed by atoms with Gasteiger partial charge >= 0.3 is 0 Å². The monoisotopic (exact) mass is 338 g/mol. The molecule has 0 saturated heterocycles. The first-order valence-electron chi connectivity index (χ1n) is 8.27. The molecule has 1 unspecified atom stereocenters. The molecule has 1 aromatic rings. The van der Waals surface area contributed by atoms with Crippen molar-refractivity contribution in [3.8, 4) is 6.07 Å². The average Bonchev–Trinajstić information content (AvgIpc) is 2.64. The zero-order valence-electron chi connectivity index (χ0n) is 13.7. The molecule has 3 rings (SSSR count). The highest BCUT2D eigenvalue weighted by Crippen LogP contribution is 2.28. The van der Waals surface area contributed by atoms with E-state index in [1.54, 1.807) is 6.20 Å².